The summed E-state index contributed by atoms with van der Waals surface area (Å²) in [5.41, 5.74) is 0.167. The van der Waals surface area contributed by atoms with E-state index in [1.807, 2.05) is 0 Å². The highest BCUT2D eigenvalue weighted by atomic mass is 79.9. The van der Waals surface area contributed by atoms with Gasteiger partial charge in [0.1, 0.15) is 10.0 Å². The average Bonchev–Trinajstić information content (AvgIpc) is 2.35. The Balaban J connectivity index is 2.44. The third-order valence-electron chi connectivity index (χ3n) is 2.07. The molecule has 0 saturated carbocycles. The van der Waals surface area contributed by atoms with Crippen LogP contribution in [0.5, 0.6) is 0 Å². The molecule has 9 heteroatoms. The van der Waals surface area contributed by atoms with E-state index in [2.05, 4.69) is 30.6 Å². The second-order valence-electron chi connectivity index (χ2n) is 3.39. The molecule has 0 saturated heterocycles. The Bertz CT molecular complexity index is 724. The summed E-state index contributed by atoms with van der Waals surface area (Å²) >= 11 is 14.7. The second-order valence-corrected chi connectivity index (χ2v) is 6.67. The fourth-order valence-corrected chi connectivity index (χ4v) is 3.49. The van der Waals surface area contributed by atoms with Gasteiger partial charge in [0.25, 0.3) is 10.0 Å². The zero-order valence-corrected chi connectivity index (χ0v) is 13.1. The van der Waals surface area contributed by atoms with E-state index in [-0.39, 0.29) is 20.9 Å². The molecule has 100 valence electrons. The number of halogens is 3. The van der Waals surface area contributed by atoms with Crippen molar-refractivity contribution >= 4 is 54.8 Å². The summed E-state index contributed by atoms with van der Waals surface area (Å²) in [6.07, 6.45) is 2.85. The number of hydrogen-bond acceptors (Lipinski definition) is 4. The van der Waals surface area contributed by atoms with Crippen molar-refractivity contribution in [3.63, 3.8) is 0 Å². The molecule has 0 aliphatic rings. The number of hydrogen-bond donors (Lipinski definition) is 1. The summed E-state index contributed by atoms with van der Waals surface area (Å²) in [5, 5.41) is -0.0825. The van der Waals surface area contributed by atoms with Crippen LogP contribution >= 0.6 is 39.1 Å². The fraction of sp³-hybridized carbons (Fsp3) is 0. The molecule has 0 bridgehead atoms. The van der Waals surface area contributed by atoms with Crippen molar-refractivity contribution in [2.45, 2.75) is 4.90 Å². The number of anilines is 1. The molecule has 2 rings (SSSR count). The number of pyridine rings is 2. The molecule has 5 nitrogen and oxygen atoms in total. The summed E-state index contributed by atoms with van der Waals surface area (Å²) in [6.45, 7) is 0. The highest BCUT2D eigenvalue weighted by Crippen LogP contribution is 2.26. The van der Waals surface area contributed by atoms with Gasteiger partial charge < -0.3 is 0 Å². The van der Waals surface area contributed by atoms with E-state index >= 15 is 0 Å². The van der Waals surface area contributed by atoms with Crippen LogP contribution in [0, 0.1) is 0 Å². The first kappa shape index (κ1) is 14.5. The van der Waals surface area contributed by atoms with Crippen LogP contribution in [0.3, 0.4) is 0 Å². The van der Waals surface area contributed by atoms with E-state index in [0.717, 1.165) is 0 Å². The molecule has 2 heterocycles. The molecule has 0 aliphatic carbocycles. The monoisotopic (exact) mass is 381 g/mol. The summed E-state index contributed by atoms with van der Waals surface area (Å²) in [4.78, 5) is 7.39. The summed E-state index contributed by atoms with van der Waals surface area (Å²) in [6, 6.07) is 4.40. The quantitative estimate of drug-likeness (QED) is 0.826. The maximum absolute atomic E-state index is 12.2. The van der Waals surface area contributed by atoms with Crippen molar-refractivity contribution in [1.82, 2.24) is 9.97 Å². The summed E-state index contributed by atoms with van der Waals surface area (Å²) in [7, 11) is -3.89. The van der Waals surface area contributed by atoms with Crippen molar-refractivity contribution in [1.29, 1.82) is 0 Å². The first-order chi connectivity index (χ1) is 8.90. The predicted octanol–water partition coefficient (Wildman–Crippen LogP) is 3.35. The van der Waals surface area contributed by atoms with E-state index in [1.54, 1.807) is 6.07 Å². The maximum Gasteiger partial charge on any atom is 0.265 e. The predicted molar refractivity (Wildman–Crippen MR) is 77.0 cm³/mol. The minimum atomic E-state index is -3.89. The topological polar surface area (TPSA) is 72.0 Å². The SMILES string of the molecule is O=S(=O)(Nc1cccnc1Cl)c1cc(Br)cnc1Cl. The lowest BCUT2D eigenvalue weighted by atomic mass is 10.4. The number of aromatic nitrogens is 2. The van der Waals surface area contributed by atoms with Crippen molar-refractivity contribution in [3.8, 4) is 0 Å². The molecule has 0 amide bonds. The van der Waals surface area contributed by atoms with Gasteiger partial charge in [-0.3, -0.25) is 4.72 Å². The molecule has 0 fully saturated rings. The van der Waals surface area contributed by atoms with Gasteiger partial charge in [-0.05, 0) is 34.1 Å². The molecule has 0 aliphatic heterocycles. The molecule has 0 atom stereocenters. The largest absolute Gasteiger partial charge is 0.276 e. The standard InChI is InChI=1S/C10H6BrCl2N3O2S/c11-6-4-8(10(13)15-5-6)19(17,18)16-7-2-1-3-14-9(7)12/h1-5,16H. The Hall–Kier alpha value is -0.890. The third kappa shape index (κ3) is 3.36. The number of nitrogens with one attached hydrogen (secondary N) is 1. The highest BCUT2D eigenvalue weighted by Gasteiger charge is 2.20. The molecule has 19 heavy (non-hydrogen) atoms. The van der Waals surface area contributed by atoms with E-state index < -0.39 is 10.0 Å². The summed E-state index contributed by atoms with van der Waals surface area (Å²) < 4.78 is 27.2. The van der Waals surface area contributed by atoms with Crippen LogP contribution in [0.2, 0.25) is 10.3 Å². The molecule has 1 N–H and O–H groups in total. The van der Waals surface area contributed by atoms with E-state index in [4.69, 9.17) is 23.2 Å². The lowest BCUT2D eigenvalue weighted by Crippen LogP contribution is -2.14. The fourth-order valence-electron chi connectivity index (χ4n) is 1.25. The molecular formula is C10H6BrCl2N3O2S. The van der Waals surface area contributed by atoms with Gasteiger partial charge in [0.05, 0.1) is 5.69 Å². The van der Waals surface area contributed by atoms with Crippen LogP contribution in [0.1, 0.15) is 0 Å². The van der Waals surface area contributed by atoms with Crippen molar-refractivity contribution in [3.05, 3.63) is 45.4 Å². The van der Waals surface area contributed by atoms with Crippen LogP contribution in [0.25, 0.3) is 0 Å². The molecule has 0 radical (unpaired) electrons. The minimum Gasteiger partial charge on any atom is -0.276 e. The highest BCUT2D eigenvalue weighted by molar-refractivity contribution is 9.10. The van der Waals surface area contributed by atoms with E-state index in [0.29, 0.717) is 4.47 Å². The van der Waals surface area contributed by atoms with E-state index in [9.17, 15) is 8.42 Å². The zero-order valence-electron chi connectivity index (χ0n) is 9.14. The Kier molecular flexibility index (Phi) is 4.29. The maximum atomic E-state index is 12.2. The molecule has 0 spiro atoms. The molecule has 0 aromatic carbocycles. The van der Waals surface area contributed by atoms with Gasteiger partial charge in [-0.15, -0.1) is 0 Å². The lowest BCUT2D eigenvalue weighted by Gasteiger charge is -2.09. The molecule has 2 aromatic heterocycles. The third-order valence-corrected chi connectivity index (χ3v) is 4.59. The van der Waals surface area contributed by atoms with Crippen LogP contribution in [0.4, 0.5) is 5.69 Å². The minimum absolute atomic E-state index is 0.0464. The van der Waals surface area contributed by atoms with Gasteiger partial charge in [-0.2, -0.15) is 0 Å². The Labute approximate surface area is 128 Å². The number of sulfonamides is 1. The van der Waals surface area contributed by atoms with Gasteiger partial charge in [0.15, 0.2) is 5.15 Å². The molecule has 2 aromatic rings. The number of rotatable bonds is 3. The average molecular weight is 383 g/mol. The Morgan fingerprint density at radius 2 is 1.95 bits per heavy atom. The Morgan fingerprint density at radius 3 is 2.63 bits per heavy atom. The molecule has 0 unspecified atom stereocenters. The van der Waals surface area contributed by atoms with Gasteiger partial charge in [-0.1, -0.05) is 23.2 Å². The van der Waals surface area contributed by atoms with Crippen LogP contribution < -0.4 is 4.72 Å². The zero-order chi connectivity index (χ0) is 14.0. The summed E-state index contributed by atoms with van der Waals surface area (Å²) in [5.74, 6) is 0. The Morgan fingerprint density at radius 1 is 1.21 bits per heavy atom. The van der Waals surface area contributed by atoms with Crippen LogP contribution in [-0.4, -0.2) is 18.4 Å². The first-order valence-corrected chi connectivity index (χ1v) is 7.88. The second kappa shape index (κ2) is 5.62. The van der Waals surface area contributed by atoms with Crippen LogP contribution in [-0.2, 0) is 10.0 Å². The van der Waals surface area contributed by atoms with Gasteiger partial charge in [0.2, 0.25) is 0 Å². The van der Waals surface area contributed by atoms with Crippen molar-refractivity contribution in [2.24, 2.45) is 0 Å². The number of nitrogens with zero attached hydrogens (tertiary/aromatic N) is 2. The first-order valence-electron chi connectivity index (χ1n) is 4.84. The van der Waals surface area contributed by atoms with Crippen LogP contribution in [0.15, 0.2) is 40.0 Å². The lowest BCUT2D eigenvalue weighted by molar-refractivity contribution is 0.601. The van der Waals surface area contributed by atoms with Gasteiger partial charge in [-0.25, -0.2) is 18.4 Å². The van der Waals surface area contributed by atoms with Crippen molar-refractivity contribution in [2.75, 3.05) is 4.72 Å². The van der Waals surface area contributed by atoms with Gasteiger partial charge >= 0.3 is 0 Å². The van der Waals surface area contributed by atoms with Gasteiger partial charge in [0, 0.05) is 16.9 Å². The van der Waals surface area contributed by atoms with E-state index in [1.165, 1.54) is 24.5 Å². The van der Waals surface area contributed by atoms with Crippen molar-refractivity contribution < 1.29 is 8.42 Å². The smallest absolute Gasteiger partial charge is 0.265 e. The molecular weight excluding hydrogens is 377 g/mol. The normalized spacial score (nSPS) is 11.3.